The molecule has 4 rings (SSSR count). The number of aliphatic hydroxyl groups excluding tert-OH is 1. The normalized spacial score (nSPS) is 18.5. The molecule has 0 saturated carbocycles. The lowest BCUT2D eigenvalue weighted by Gasteiger charge is -2.25. The summed E-state index contributed by atoms with van der Waals surface area (Å²) >= 11 is 0. The minimum absolute atomic E-state index is 0.101. The number of nitrogens with zero attached hydrogens (tertiary/aromatic N) is 1. The first-order chi connectivity index (χ1) is 13.6. The molecule has 3 aromatic rings. The van der Waals surface area contributed by atoms with Crippen LogP contribution in [0.1, 0.15) is 22.7 Å². The molecule has 4 nitrogen and oxygen atoms in total. The summed E-state index contributed by atoms with van der Waals surface area (Å²) in [4.78, 5) is 27.3. The van der Waals surface area contributed by atoms with Crippen LogP contribution in [0.15, 0.2) is 90.5 Å². The lowest BCUT2D eigenvalue weighted by atomic mass is 9.95. The average molecular weight is 369 g/mol. The summed E-state index contributed by atoms with van der Waals surface area (Å²) in [5.41, 5.74) is 3.03. The van der Waals surface area contributed by atoms with Crippen molar-refractivity contribution in [3.63, 3.8) is 0 Å². The van der Waals surface area contributed by atoms with Crippen molar-refractivity contribution in [2.24, 2.45) is 0 Å². The zero-order valence-corrected chi connectivity index (χ0v) is 15.4. The molecule has 28 heavy (non-hydrogen) atoms. The van der Waals surface area contributed by atoms with Crippen molar-refractivity contribution in [2.75, 3.05) is 4.90 Å². The van der Waals surface area contributed by atoms with Gasteiger partial charge in [0, 0.05) is 11.3 Å². The second kappa shape index (κ2) is 7.16. The standard InChI is InChI=1S/C24H19NO3/c1-16-12-14-18(15-13-16)22(26)20-21(17-8-4-2-5-9-17)25(24(28)23(20)27)19-10-6-3-7-11-19/h2-15,21,26H,1H3. The van der Waals surface area contributed by atoms with Gasteiger partial charge in [-0.15, -0.1) is 0 Å². The van der Waals surface area contributed by atoms with Crippen molar-refractivity contribution in [1.82, 2.24) is 0 Å². The summed E-state index contributed by atoms with van der Waals surface area (Å²) < 4.78 is 0. The fraction of sp³-hybridized carbons (Fsp3) is 0.0833. The van der Waals surface area contributed by atoms with Crippen molar-refractivity contribution in [1.29, 1.82) is 0 Å². The third-order valence-corrected chi connectivity index (χ3v) is 4.92. The van der Waals surface area contributed by atoms with Gasteiger partial charge >= 0.3 is 0 Å². The maximum Gasteiger partial charge on any atom is 0.300 e. The SMILES string of the molecule is Cc1ccc(C(O)=C2C(=O)C(=O)N(c3ccccc3)C2c2ccccc2)cc1. The third-order valence-electron chi connectivity index (χ3n) is 4.92. The Hall–Kier alpha value is -3.66. The van der Waals surface area contributed by atoms with Gasteiger partial charge in [0.2, 0.25) is 0 Å². The van der Waals surface area contributed by atoms with Gasteiger partial charge in [-0.3, -0.25) is 14.5 Å². The van der Waals surface area contributed by atoms with E-state index in [9.17, 15) is 14.7 Å². The molecule has 1 aliphatic heterocycles. The Bertz CT molecular complexity index is 1050. The molecular formula is C24H19NO3. The molecule has 0 aromatic heterocycles. The number of Topliss-reactive ketones (excluding diaryl/α,β-unsaturated/α-hetero) is 1. The van der Waals surface area contributed by atoms with Crippen LogP contribution in [0, 0.1) is 6.92 Å². The molecule has 1 aliphatic rings. The number of carbonyl (C=O) groups is 2. The molecule has 3 aromatic carbocycles. The summed E-state index contributed by atoms with van der Waals surface area (Å²) in [6.07, 6.45) is 0. The van der Waals surface area contributed by atoms with Crippen molar-refractivity contribution in [2.45, 2.75) is 13.0 Å². The van der Waals surface area contributed by atoms with Crippen LogP contribution in [-0.2, 0) is 9.59 Å². The van der Waals surface area contributed by atoms with E-state index in [-0.39, 0.29) is 11.3 Å². The molecular weight excluding hydrogens is 350 g/mol. The van der Waals surface area contributed by atoms with Gasteiger partial charge in [-0.2, -0.15) is 0 Å². The van der Waals surface area contributed by atoms with Gasteiger partial charge in [0.15, 0.2) is 0 Å². The van der Waals surface area contributed by atoms with Crippen LogP contribution >= 0.6 is 0 Å². The van der Waals surface area contributed by atoms with Crippen LogP contribution < -0.4 is 4.90 Å². The minimum Gasteiger partial charge on any atom is -0.507 e. The fourth-order valence-electron chi connectivity index (χ4n) is 3.51. The quantitative estimate of drug-likeness (QED) is 0.416. The Morgan fingerprint density at radius 3 is 2.00 bits per heavy atom. The van der Waals surface area contributed by atoms with E-state index < -0.39 is 17.7 Å². The Kier molecular flexibility index (Phi) is 4.53. The Labute approximate surface area is 163 Å². The van der Waals surface area contributed by atoms with E-state index >= 15 is 0 Å². The second-order valence-electron chi connectivity index (χ2n) is 6.78. The molecule has 1 fully saturated rings. The Balaban J connectivity index is 1.94. The fourth-order valence-corrected chi connectivity index (χ4v) is 3.51. The van der Waals surface area contributed by atoms with Crippen molar-refractivity contribution in [3.8, 4) is 0 Å². The topological polar surface area (TPSA) is 57.6 Å². The molecule has 1 N–H and O–H groups in total. The maximum atomic E-state index is 12.9. The molecule has 0 aliphatic carbocycles. The van der Waals surface area contributed by atoms with E-state index in [4.69, 9.17) is 0 Å². The number of carbonyl (C=O) groups excluding carboxylic acids is 2. The van der Waals surface area contributed by atoms with E-state index in [1.165, 1.54) is 4.90 Å². The van der Waals surface area contributed by atoms with Crippen LogP contribution in [0.2, 0.25) is 0 Å². The highest BCUT2D eigenvalue weighted by atomic mass is 16.3. The van der Waals surface area contributed by atoms with E-state index in [2.05, 4.69) is 0 Å². The van der Waals surface area contributed by atoms with Crippen LogP contribution in [0.5, 0.6) is 0 Å². The molecule has 1 atom stereocenters. The molecule has 0 bridgehead atoms. The monoisotopic (exact) mass is 369 g/mol. The van der Waals surface area contributed by atoms with Crippen molar-refractivity contribution >= 4 is 23.1 Å². The number of hydrogen-bond acceptors (Lipinski definition) is 3. The molecule has 1 heterocycles. The van der Waals surface area contributed by atoms with E-state index in [0.29, 0.717) is 11.3 Å². The molecule has 0 radical (unpaired) electrons. The number of amides is 1. The number of para-hydroxylation sites is 1. The van der Waals surface area contributed by atoms with E-state index in [1.807, 2.05) is 67.6 Å². The highest BCUT2D eigenvalue weighted by Gasteiger charge is 2.46. The van der Waals surface area contributed by atoms with Gasteiger partial charge in [-0.05, 0) is 24.6 Å². The molecule has 0 spiro atoms. The summed E-state index contributed by atoms with van der Waals surface area (Å²) in [5, 5.41) is 11.0. The molecule has 138 valence electrons. The van der Waals surface area contributed by atoms with Crippen LogP contribution in [0.25, 0.3) is 5.76 Å². The number of hydrogen-bond donors (Lipinski definition) is 1. The lowest BCUT2D eigenvalue weighted by Crippen LogP contribution is -2.29. The number of anilines is 1. The maximum absolute atomic E-state index is 12.9. The highest BCUT2D eigenvalue weighted by molar-refractivity contribution is 6.51. The van der Waals surface area contributed by atoms with Crippen LogP contribution in [0.4, 0.5) is 5.69 Å². The number of rotatable bonds is 3. The molecule has 1 amide bonds. The third kappa shape index (κ3) is 2.99. The van der Waals surface area contributed by atoms with Gasteiger partial charge in [-0.1, -0.05) is 78.4 Å². The lowest BCUT2D eigenvalue weighted by molar-refractivity contribution is -0.132. The van der Waals surface area contributed by atoms with Gasteiger partial charge in [0.25, 0.3) is 11.7 Å². The van der Waals surface area contributed by atoms with Gasteiger partial charge in [-0.25, -0.2) is 0 Å². The number of benzene rings is 3. The summed E-state index contributed by atoms with van der Waals surface area (Å²) in [7, 11) is 0. The number of aryl methyl sites for hydroxylation is 1. The van der Waals surface area contributed by atoms with Gasteiger partial charge in [0.1, 0.15) is 5.76 Å². The van der Waals surface area contributed by atoms with Gasteiger partial charge < -0.3 is 5.11 Å². The summed E-state index contributed by atoms with van der Waals surface area (Å²) in [6.45, 7) is 1.95. The smallest absolute Gasteiger partial charge is 0.300 e. The zero-order chi connectivity index (χ0) is 19.7. The first kappa shape index (κ1) is 17.7. The average Bonchev–Trinajstić information content (AvgIpc) is 3.00. The predicted molar refractivity (Wildman–Crippen MR) is 109 cm³/mol. The molecule has 4 heteroatoms. The highest BCUT2D eigenvalue weighted by Crippen LogP contribution is 2.41. The number of ketones is 1. The second-order valence-corrected chi connectivity index (χ2v) is 6.78. The molecule has 1 unspecified atom stereocenters. The number of aliphatic hydroxyl groups is 1. The zero-order valence-electron chi connectivity index (χ0n) is 15.4. The minimum atomic E-state index is -0.690. The van der Waals surface area contributed by atoms with Gasteiger partial charge in [0.05, 0.1) is 11.6 Å². The van der Waals surface area contributed by atoms with Crippen molar-refractivity contribution in [3.05, 3.63) is 107 Å². The predicted octanol–water partition coefficient (Wildman–Crippen LogP) is 4.62. The summed E-state index contributed by atoms with van der Waals surface area (Å²) in [5.74, 6) is -1.49. The van der Waals surface area contributed by atoms with Crippen molar-refractivity contribution < 1.29 is 14.7 Å². The van der Waals surface area contributed by atoms with Crippen LogP contribution in [0.3, 0.4) is 0 Å². The molecule has 1 saturated heterocycles. The first-order valence-corrected chi connectivity index (χ1v) is 9.06. The largest absolute Gasteiger partial charge is 0.507 e. The van der Waals surface area contributed by atoms with E-state index in [1.54, 1.807) is 24.3 Å². The first-order valence-electron chi connectivity index (χ1n) is 9.06. The Morgan fingerprint density at radius 2 is 1.39 bits per heavy atom. The van der Waals surface area contributed by atoms with Crippen LogP contribution in [-0.4, -0.2) is 16.8 Å². The van der Waals surface area contributed by atoms with E-state index in [0.717, 1.165) is 11.1 Å². The summed E-state index contributed by atoms with van der Waals surface area (Å²) in [6, 6.07) is 24.9. The Morgan fingerprint density at radius 1 is 0.821 bits per heavy atom.